The number of carbonyl (C=O) groups excluding carboxylic acids is 1. The first-order chi connectivity index (χ1) is 17.3. The van der Waals surface area contributed by atoms with Crippen LogP contribution in [0.4, 0.5) is 4.39 Å². The molecule has 3 aromatic rings. The number of benzene rings is 2. The monoisotopic (exact) mass is 532 g/mol. The predicted molar refractivity (Wildman–Crippen MR) is 136 cm³/mol. The molecule has 1 aliphatic rings. The summed E-state index contributed by atoms with van der Waals surface area (Å²) in [4.78, 5) is 16.6. The molecule has 10 heteroatoms. The van der Waals surface area contributed by atoms with E-state index < -0.39 is 15.8 Å². The van der Waals surface area contributed by atoms with Gasteiger partial charge >= 0.3 is 0 Å². The van der Waals surface area contributed by atoms with Crippen LogP contribution in [0.5, 0.6) is 5.75 Å². The molecule has 0 N–H and O–H groups in total. The number of sulfonamides is 1. The molecule has 0 spiro atoms. The molecule has 0 aliphatic carbocycles. The van der Waals surface area contributed by atoms with Gasteiger partial charge in [-0.2, -0.15) is 4.31 Å². The minimum absolute atomic E-state index is 0.0559. The Labute approximate surface area is 215 Å². The summed E-state index contributed by atoms with van der Waals surface area (Å²) in [6.07, 6.45) is 1.13. The number of methoxy groups -OCH3 is 2. The van der Waals surface area contributed by atoms with Crippen LogP contribution < -0.4 is 4.74 Å². The van der Waals surface area contributed by atoms with Crippen molar-refractivity contribution in [2.24, 2.45) is 0 Å². The van der Waals surface area contributed by atoms with Gasteiger partial charge in [-0.15, -0.1) is 11.3 Å². The largest absolute Gasteiger partial charge is 0.497 e. The Hall–Kier alpha value is -2.79. The van der Waals surface area contributed by atoms with E-state index in [1.165, 1.54) is 24.1 Å². The fraction of sp³-hybridized carbons (Fsp3) is 0.346. The number of nitrogens with zero attached hydrogens (tertiary/aromatic N) is 2. The fourth-order valence-corrected chi connectivity index (χ4v) is 6.73. The molecule has 2 aromatic carbocycles. The molecular formula is C26H29FN2O5S2. The molecule has 1 aromatic heterocycles. The van der Waals surface area contributed by atoms with Gasteiger partial charge in [0.1, 0.15) is 11.6 Å². The molecule has 1 unspecified atom stereocenters. The lowest BCUT2D eigenvalue weighted by molar-refractivity contribution is -0.133. The lowest BCUT2D eigenvalue weighted by Crippen LogP contribution is -2.47. The van der Waals surface area contributed by atoms with Gasteiger partial charge in [0.05, 0.1) is 24.6 Å². The zero-order valence-corrected chi connectivity index (χ0v) is 21.9. The van der Waals surface area contributed by atoms with Crippen LogP contribution in [0.25, 0.3) is 0 Å². The van der Waals surface area contributed by atoms with E-state index in [-0.39, 0.29) is 29.9 Å². The Kier molecular flexibility index (Phi) is 8.40. The number of ether oxygens (including phenoxy) is 2. The number of thiophene rings is 1. The standard InChI is InChI=1S/C26H29FN2O5S2/c1-33-16-3-14-28(36(31,32)22-10-6-20(27)7-11-22)18-25(30)29-15-12-24-23(13-17-35-24)26(29)19-4-8-21(34-2)9-5-19/h4-11,13,17,26H,3,12,14-16,18H2,1-2H3. The van der Waals surface area contributed by atoms with E-state index in [9.17, 15) is 17.6 Å². The maximum atomic E-state index is 13.7. The molecule has 2 heterocycles. The van der Waals surface area contributed by atoms with Gasteiger partial charge in [0.15, 0.2) is 0 Å². The molecule has 192 valence electrons. The molecule has 7 nitrogen and oxygen atoms in total. The van der Waals surface area contributed by atoms with E-state index in [0.29, 0.717) is 31.7 Å². The molecule has 0 bridgehead atoms. The second kappa shape index (κ2) is 11.5. The number of halogens is 1. The van der Waals surface area contributed by atoms with Crippen LogP contribution in [-0.4, -0.2) is 64.0 Å². The van der Waals surface area contributed by atoms with Crippen molar-refractivity contribution >= 4 is 27.3 Å². The first-order valence-corrected chi connectivity index (χ1v) is 13.9. The van der Waals surface area contributed by atoms with Crippen molar-refractivity contribution in [2.75, 3.05) is 40.5 Å². The first kappa shape index (κ1) is 26.3. The van der Waals surface area contributed by atoms with Gasteiger partial charge in [0, 0.05) is 31.7 Å². The highest BCUT2D eigenvalue weighted by Gasteiger charge is 2.35. The van der Waals surface area contributed by atoms with E-state index in [1.54, 1.807) is 23.3 Å². The molecule has 0 saturated carbocycles. The van der Waals surface area contributed by atoms with Crippen molar-refractivity contribution in [3.8, 4) is 5.75 Å². The van der Waals surface area contributed by atoms with Gasteiger partial charge in [0.25, 0.3) is 0 Å². The molecule has 4 rings (SSSR count). The molecule has 1 amide bonds. The molecular weight excluding hydrogens is 503 g/mol. The number of hydrogen-bond acceptors (Lipinski definition) is 6. The predicted octanol–water partition coefficient (Wildman–Crippen LogP) is 4.10. The molecule has 1 aliphatic heterocycles. The van der Waals surface area contributed by atoms with Crippen LogP contribution in [0.15, 0.2) is 64.9 Å². The van der Waals surface area contributed by atoms with Crippen molar-refractivity contribution in [1.82, 2.24) is 9.21 Å². The van der Waals surface area contributed by atoms with Crippen LogP contribution >= 0.6 is 11.3 Å². The van der Waals surface area contributed by atoms with E-state index >= 15 is 0 Å². The van der Waals surface area contributed by atoms with Gasteiger partial charge in [-0.25, -0.2) is 12.8 Å². The number of rotatable bonds is 10. The van der Waals surface area contributed by atoms with Crippen LogP contribution in [0.1, 0.15) is 28.5 Å². The highest BCUT2D eigenvalue weighted by atomic mass is 32.2. The van der Waals surface area contributed by atoms with Crippen molar-refractivity contribution in [3.05, 3.63) is 81.8 Å². The lowest BCUT2D eigenvalue weighted by atomic mass is 9.93. The molecule has 0 radical (unpaired) electrons. The topological polar surface area (TPSA) is 76.2 Å². The Bertz CT molecular complexity index is 1280. The van der Waals surface area contributed by atoms with Crippen LogP contribution in [0, 0.1) is 5.82 Å². The van der Waals surface area contributed by atoms with Gasteiger partial charge in [-0.3, -0.25) is 4.79 Å². The van der Waals surface area contributed by atoms with Gasteiger partial charge in [-0.1, -0.05) is 12.1 Å². The number of carbonyl (C=O) groups is 1. The minimum atomic E-state index is -4.02. The number of hydrogen-bond donors (Lipinski definition) is 0. The zero-order valence-electron chi connectivity index (χ0n) is 20.2. The van der Waals surface area contributed by atoms with Crippen molar-refractivity contribution in [2.45, 2.75) is 23.8 Å². The van der Waals surface area contributed by atoms with Crippen LogP contribution in [0.2, 0.25) is 0 Å². The quantitative estimate of drug-likeness (QED) is 0.368. The summed E-state index contributed by atoms with van der Waals surface area (Å²) in [5.41, 5.74) is 1.98. The number of fused-ring (bicyclic) bond motifs is 1. The SMILES string of the molecule is COCCCN(CC(=O)N1CCc2sccc2C1c1ccc(OC)cc1)S(=O)(=O)c1ccc(F)cc1. The highest BCUT2D eigenvalue weighted by molar-refractivity contribution is 7.89. The lowest BCUT2D eigenvalue weighted by Gasteiger charge is -2.37. The summed E-state index contributed by atoms with van der Waals surface area (Å²) in [5, 5.41) is 2.02. The Morgan fingerprint density at radius 2 is 1.83 bits per heavy atom. The maximum Gasteiger partial charge on any atom is 0.243 e. The van der Waals surface area contributed by atoms with Gasteiger partial charge in [-0.05, 0) is 71.8 Å². The summed E-state index contributed by atoms with van der Waals surface area (Å²) >= 11 is 1.66. The third-order valence-corrected chi connectivity index (χ3v) is 9.09. The van der Waals surface area contributed by atoms with Gasteiger partial charge in [0.2, 0.25) is 15.9 Å². The van der Waals surface area contributed by atoms with Crippen molar-refractivity contribution in [3.63, 3.8) is 0 Å². The smallest absolute Gasteiger partial charge is 0.243 e. The van der Waals surface area contributed by atoms with E-state index in [0.717, 1.165) is 27.6 Å². The second-order valence-corrected chi connectivity index (χ2v) is 11.4. The number of amides is 1. The van der Waals surface area contributed by atoms with Crippen molar-refractivity contribution in [1.29, 1.82) is 0 Å². The second-order valence-electron chi connectivity index (χ2n) is 8.45. The third kappa shape index (κ3) is 5.62. The average molecular weight is 533 g/mol. The van der Waals surface area contributed by atoms with Crippen LogP contribution in [0.3, 0.4) is 0 Å². The van der Waals surface area contributed by atoms with Gasteiger partial charge < -0.3 is 14.4 Å². The Balaban J connectivity index is 1.64. The maximum absolute atomic E-state index is 13.7. The summed E-state index contributed by atoms with van der Waals surface area (Å²) in [6.45, 7) is 0.602. The molecule has 36 heavy (non-hydrogen) atoms. The fourth-order valence-electron chi connectivity index (χ4n) is 4.40. The summed E-state index contributed by atoms with van der Waals surface area (Å²) < 4.78 is 51.8. The van der Waals surface area contributed by atoms with E-state index in [4.69, 9.17) is 9.47 Å². The molecule has 1 atom stereocenters. The first-order valence-electron chi connectivity index (χ1n) is 11.6. The minimum Gasteiger partial charge on any atom is -0.497 e. The zero-order chi connectivity index (χ0) is 25.7. The molecule has 0 saturated heterocycles. The average Bonchev–Trinajstić information content (AvgIpc) is 3.37. The summed E-state index contributed by atoms with van der Waals surface area (Å²) in [5.74, 6) is -0.110. The normalized spacial score (nSPS) is 15.7. The third-order valence-electron chi connectivity index (χ3n) is 6.24. The van der Waals surface area contributed by atoms with E-state index in [1.807, 2.05) is 35.7 Å². The molecule has 0 fully saturated rings. The van der Waals surface area contributed by atoms with Crippen LogP contribution in [-0.2, 0) is 26.0 Å². The summed E-state index contributed by atoms with van der Waals surface area (Å²) in [6, 6.07) is 13.9. The Morgan fingerprint density at radius 3 is 2.50 bits per heavy atom. The van der Waals surface area contributed by atoms with Crippen molar-refractivity contribution < 1.29 is 27.1 Å². The van der Waals surface area contributed by atoms with E-state index in [2.05, 4.69) is 0 Å². The summed E-state index contributed by atoms with van der Waals surface area (Å²) in [7, 11) is -0.887. The highest BCUT2D eigenvalue weighted by Crippen LogP contribution is 2.38. The Morgan fingerprint density at radius 1 is 1.11 bits per heavy atom.